The van der Waals surface area contributed by atoms with Gasteiger partial charge in [-0.1, -0.05) is 23.7 Å². The molecule has 0 unspecified atom stereocenters. The summed E-state index contributed by atoms with van der Waals surface area (Å²) >= 11 is 6.01. The molecule has 0 spiro atoms. The van der Waals surface area contributed by atoms with Crippen molar-refractivity contribution in [3.8, 4) is 11.3 Å². The predicted molar refractivity (Wildman–Crippen MR) is 77.3 cm³/mol. The molecule has 0 radical (unpaired) electrons. The highest BCUT2D eigenvalue weighted by atomic mass is 35.5. The summed E-state index contributed by atoms with van der Waals surface area (Å²) in [5.74, 6) is -1.01. The molecule has 0 aliphatic heterocycles. The molecule has 0 amide bonds. The predicted octanol–water partition coefficient (Wildman–Crippen LogP) is 3.66. The lowest BCUT2D eigenvalue weighted by molar-refractivity contribution is 0.0690. The normalized spacial score (nSPS) is 10.9. The molecule has 1 aromatic carbocycles. The van der Waals surface area contributed by atoms with Crippen LogP contribution in [-0.2, 0) is 0 Å². The zero-order valence-electron chi connectivity index (χ0n) is 10.7. The van der Waals surface area contributed by atoms with Crippen LogP contribution in [-0.4, -0.2) is 20.5 Å². The number of aryl methyl sites for hydroxylation is 1. The van der Waals surface area contributed by atoms with E-state index in [0.717, 1.165) is 11.1 Å². The van der Waals surface area contributed by atoms with E-state index < -0.39 is 5.97 Å². The Hall–Kier alpha value is -2.33. The minimum absolute atomic E-state index is 0.155. The zero-order valence-corrected chi connectivity index (χ0v) is 11.4. The molecule has 0 aliphatic rings. The molecule has 100 valence electrons. The standard InChI is InChI=1S/C15H11ClN2O2/c1-9-8-10(5-6-11(9)16)13-14(15(19)20)18-7-3-2-4-12(18)17-13/h2-8H,1H3,(H,19,20). The van der Waals surface area contributed by atoms with Crippen LogP contribution in [0.2, 0.25) is 5.02 Å². The van der Waals surface area contributed by atoms with Crippen molar-refractivity contribution in [2.45, 2.75) is 6.92 Å². The van der Waals surface area contributed by atoms with E-state index in [1.807, 2.05) is 19.1 Å². The molecule has 3 rings (SSSR count). The SMILES string of the molecule is Cc1cc(-c2nc3ccccn3c2C(=O)O)ccc1Cl. The van der Waals surface area contributed by atoms with Crippen molar-refractivity contribution >= 4 is 23.2 Å². The molecule has 4 nitrogen and oxygen atoms in total. The fourth-order valence-electron chi connectivity index (χ4n) is 2.19. The summed E-state index contributed by atoms with van der Waals surface area (Å²) in [6.45, 7) is 1.88. The van der Waals surface area contributed by atoms with Crippen LogP contribution in [0.1, 0.15) is 16.1 Å². The molecular formula is C15H11ClN2O2. The number of carbonyl (C=O) groups is 1. The molecule has 0 bridgehead atoms. The van der Waals surface area contributed by atoms with Gasteiger partial charge in [-0.3, -0.25) is 4.40 Å². The van der Waals surface area contributed by atoms with Gasteiger partial charge in [0.2, 0.25) is 0 Å². The molecule has 0 fully saturated rings. The van der Waals surface area contributed by atoms with Crippen LogP contribution in [0.3, 0.4) is 0 Å². The van der Waals surface area contributed by atoms with E-state index in [2.05, 4.69) is 4.98 Å². The first-order chi connectivity index (χ1) is 9.58. The van der Waals surface area contributed by atoms with Gasteiger partial charge in [0.25, 0.3) is 0 Å². The number of carboxylic acids is 1. The smallest absolute Gasteiger partial charge is 0.355 e. The zero-order chi connectivity index (χ0) is 14.3. The monoisotopic (exact) mass is 286 g/mol. The van der Waals surface area contributed by atoms with Crippen molar-refractivity contribution in [1.82, 2.24) is 9.38 Å². The van der Waals surface area contributed by atoms with Crippen LogP contribution in [0.25, 0.3) is 16.9 Å². The molecule has 0 saturated carbocycles. The lowest BCUT2D eigenvalue weighted by atomic mass is 10.1. The molecule has 5 heteroatoms. The summed E-state index contributed by atoms with van der Waals surface area (Å²) in [4.78, 5) is 15.9. The number of aromatic nitrogens is 2. The molecule has 20 heavy (non-hydrogen) atoms. The van der Waals surface area contributed by atoms with E-state index >= 15 is 0 Å². The number of imidazole rings is 1. The van der Waals surface area contributed by atoms with Crippen molar-refractivity contribution in [2.75, 3.05) is 0 Å². The van der Waals surface area contributed by atoms with E-state index in [1.165, 1.54) is 0 Å². The van der Waals surface area contributed by atoms with Crippen molar-refractivity contribution in [2.24, 2.45) is 0 Å². The third kappa shape index (κ3) is 1.94. The van der Waals surface area contributed by atoms with Gasteiger partial charge in [0, 0.05) is 16.8 Å². The van der Waals surface area contributed by atoms with Gasteiger partial charge in [-0.25, -0.2) is 9.78 Å². The Balaban J connectivity index is 2.32. The van der Waals surface area contributed by atoms with E-state index in [0.29, 0.717) is 16.4 Å². The number of hydrogen-bond acceptors (Lipinski definition) is 2. The highest BCUT2D eigenvalue weighted by Crippen LogP contribution is 2.27. The second-order valence-electron chi connectivity index (χ2n) is 4.51. The Morgan fingerprint density at radius 3 is 2.80 bits per heavy atom. The maximum atomic E-state index is 11.5. The van der Waals surface area contributed by atoms with E-state index in [9.17, 15) is 9.90 Å². The molecule has 1 N–H and O–H groups in total. The summed E-state index contributed by atoms with van der Waals surface area (Å²) in [7, 11) is 0. The largest absolute Gasteiger partial charge is 0.476 e. The average Bonchev–Trinajstić information content (AvgIpc) is 2.81. The summed E-state index contributed by atoms with van der Waals surface area (Å²) < 4.78 is 1.57. The Kier molecular flexibility index (Phi) is 2.95. The summed E-state index contributed by atoms with van der Waals surface area (Å²) in [5.41, 5.74) is 2.84. The van der Waals surface area contributed by atoms with Gasteiger partial charge in [0.1, 0.15) is 11.3 Å². The number of aromatic carboxylic acids is 1. The van der Waals surface area contributed by atoms with Gasteiger partial charge in [0.15, 0.2) is 5.69 Å². The Morgan fingerprint density at radius 1 is 1.30 bits per heavy atom. The van der Waals surface area contributed by atoms with E-state index in [4.69, 9.17) is 11.6 Å². The second kappa shape index (κ2) is 4.65. The average molecular weight is 287 g/mol. The second-order valence-corrected chi connectivity index (χ2v) is 4.91. The number of pyridine rings is 1. The highest BCUT2D eigenvalue weighted by molar-refractivity contribution is 6.31. The number of rotatable bonds is 2. The molecule has 2 aromatic heterocycles. The molecule has 0 saturated heterocycles. The lowest BCUT2D eigenvalue weighted by Gasteiger charge is -2.03. The molecule has 0 atom stereocenters. The molecule has 0 aliphatic carbocycles. The van der Waals surface area contributed by atoms with Gasteiger partial charge >= 0.3 is 5.97 Å². The molecule has 2 heterocycles. The van der Waals surface area contributed by atoms with Crippen LogP contribution in [0.4, 0.5) is 0 Å². The fraction of sp³-hybridized carbons (Fsp3) is 0.0667. The highest BCUT2D eigenvalue weighted by Gasteiger charge is 2.19. The van der Waals surface area contributed by atoms with Gasteiger partial charge in [-0.2, -0.15) is 0 Å². The number of benzene rings is 1. The number of halogens is 1. The van der Waals surface area contributed by atoms with Crippen LogP contribution in [0, 0.1) is 6.92 Å². The first-order valence-electron chi connectivity index (χ1n) is 6.05. The van der Waals surface area contributed by atoms with Crippen molar-refractivity contribution in [3.63, 3.8) is 0 Å². The quantitative estimate of drug-likeness (QED) is 0.782. The van der Waals surface area contributed by atoms with Crippen molar-refractivity contribution in [3.05, 3.63) is 58.9 Å². The summed E-state index contributed by atoms with van der Waals surface area (Å²) in [6, 6.07) is 10.8. The Labute approximate surface area is 120 Å². The Bertz CT molecular complexity index is 824. The maximum absolute atomic E-state index is 11.5. The van der Waals surface area contributed by atoms with Crippen LogP contribution in [0.5, 0.6) is 0 Å². The topological polar surface area (TPSA) is 54.6 Å². The summed E-state index contributed by atoms with van der Waals surface area (Å²) in [6.07, 6.45) is 1.69. The first-order valence-corrected chi connectivity index (χ1v) is 6.42. The molecular weight excluding hydrogens is 276 g/mol. The van der Waals surface area contributed by atoms with Crippen LogP contribution < -0.4 is 0 Å². The fourth-order valence-corrected chi connectivity index (χ4v) is 2.31. The third-order valence-electron chi connectivity index (χ3n) is 3.16. The summed E-state index contributed by atoms with van der Waals surface area (Å²) in [5, 5.41) is 10.1. The number of nitrogens with zero attached hydrogens (tertiary/aromatic N) is 2. The Morgan fingerprint density at radius 2 is 2.10 bits per heavy atom. The number of hydrogen-bond donors (Lipinski definition) is 1. The minimum atomic E-state index is -1.01. The third-order valence-corrected chi connectivity index (χ3v) is 3.59. The lowest BCUT2D eigenvalue weighted by Crippen LogP contribution is -2.03. The van der Waals surface area contributed by atoms with Crippen molar-refractivity contribution in [1.29, 1.82) is 0 Å². The van der Waals surface area contributed by atoms with Crippen molar-refractivity contribution < 1.29 is 9.90 Å². The number of fused-ring (bicyclic) bond motifs is 1. The molecule has 3 aromatic rings. The van der Waals surface area contributed by atoms with Gasteiger partial charge in [0.05, 0.1) is 0 Å². The van der Waals surface area contributed by atoms with E-state index in [1.54, 1.807) is 34.9 Å². The van der Waals surface area contributed by atoms with Gasteiger partial charge < -0.3 is 5.11 Å². The van der Waals surface area contributed by atoms with Crippen LogP contribution >= 0.6 is 11.6 Å². The van der Waals surface area contributed by atoms with Crippen LogP contribution in [0.15, 0.2) is 42.6 Å². The number of carboxylic acid groups (broad SMARTS) is 1. The maximum Gasteiger partial charge on any atom is 0.355 e. The minimum Gasteiger partial charge on any atom is -0.476 e. The first kappa shape index (κ1) is 12.7. The van der Waals surface area contributed by atoms with Gasteiger partial charge in [-0.05, 0) is 36.8 Å². The van der Waals surface area contributed by atoms with Gasteiger partial charge in [-0.15, -0.1) is 0 Å². The van der Waals surface area contributed by atoms with E-state index in [-0.39, 0.29) is 5.69 Å².